The Labute approximate surface area is 95.6 Å². The number of aliphatic hydroxyl groups is 4. The van der Waals surface area contributed by atoms with Crippen LogP contribution in [-0.4, -0.2) is 69.7 Å². The third-order valence-electron chi connectivity index (χ3n) is 2.21. The Morgan fingerprint density at radius 3 is 2.33 bits per heavy atom. The summed E-state index contributed by atoms with van der Waals surface area (Å²) in [5, 5.41) is 37.7. The fourth-order valence-corrected chi connectivity index (χ4v) is 1.55. The molecule has 1 aliphatic heterocycles. The van der Waals surface area contributed by atoms with E-state index in [2.05, 4.69) is 15.9 Å². The molecule has 0 saturated carbocycles. The number of hydrogen-bond acceptors (Lipinski definition) is 6. The summed E-state index contributed by atoms with van der Waals surface area (Å²) >= 11 is 3.13. The van der Waals surface area contributed by atoms with Crippen LogP contribution >= 0.6 is 15.9 Å². The number of halogens is 1. The zero-order chi connectivity index (χ0) is 11.4. The first-order chi connectivity index (χ1) is 7.11. The molecule has 5 atom stereocenters. The number of aliphatic hydroxyl groups excluding tert-OH is 4. The minimum absolute atomic E-state index is 0.294. The molecule has 0 amide bonds. The molecule has 0 aromatic heterocycles. The van der Waals surface area contributed by atoms with Gasteiger partial charge >= 0.3 is 0 Å². The van der Waals surface area contributed by atoms with E-state index in [9.17, 15) is 15.3 Å². The average molecular weight is 287 g/mol. The largest absolute Gasteiger partial charge is 0.394 e. The molecule has 0 aromatic carbocycles. The van der Waals surface area contributed by atoms with E-state index in [4.69, 9.17) is 14.6 Å². The Morgan fingerprint density at radius 2 is 1.80 bits per heavy atom. The van der Waals surface area contributed by atoms with Gasteiger partial charge in [-0.05, 0) is 0 Å². The smallest absolute Gasteiger partial charge is 0.186 e. The fraction of sp³-hybridized carbons (Fsp3) is 1.00. The third kappa shape index (κ3) is 3.10. The van der Waals surface area contributed by atoms with Crippen LogP contribution < -0.4 is 0 Å². The van der Waals surface area contributed by atoms with E-state index < -0.39 is 37.3 Å². The second kappa shape index (κ2) is 6.09. The Kier molecular flexibility index (Phi) is 5.41. The number of ether oxygens (including phenoxy) is 2. The number of alkyl halides is 1. The van der Waals surface area contributed by atoms with Crippen molar-refractivity contribution >= 4 is 15.9 Å². The number of hydrogen-bond donors (Lipinski definition) is 4. The van der Waals surface area contributed by atoms with Crippen molar-refractivity contribution in [1.82, 2.24) is 0 Å². The topological polar surface area (TPSA) is 99.4 Å². The first-order valence-corrected chi connectivity index (χ1v) is 5.72. The first kappa shape index (κ1) is 13.3. The molecular formula is C8H15BrO6. The fourth-order valence-electron chi connectivity index (χ4n) is 1.37. The zero-order valence-corrected chi connectivity index (χ0v) is 9.58. The second-order valence-corrected chi connectivity index (χ2v) is 4.05. The summed E-state index contributed by atoms with van der Waals surface area (Å²) in [7, 11) is 0. The molecule has 7 heteroatoms. The molecule has 1 fully saturated rings. The predicted molar refractivity (Wildman–Crippen MR) is 53.5 cm³/mol. The highest BCUT2D eigenvalue weighted by atomic mass is 79.9. The van der Waals surface area contributed by atoms with Crippen LogP contribution in [0, 0.1) is 0 Å². The first-order valence-electron chi connectivity index (χ1n) is 4.60. The van der Waals surface area contributed by atoms with Gasteiger partial charge in [-0.3, -0.25) is 0 Å². The summed E-state index contributed by atoms with van der Waals surface area (Å²) in [4.78, 5) is 0. The lowest BCUT2D eigenvalue weighted by molar-refractivity contribution is -0.299. The molecule has 1 saturated heterocycles. The van der Waals surface area contributed by atoms with E-state index in [1.165, 1.54) is 0 Å². The van der Waals surface area contributed by atoms with E-state index in [0.717, 1.165) is 0 Å². The quantitative estimate of drug-likeness (QED) is 0.455. The molecule has 1 aliphatic rings. The van der Waals surface area contributed by atoms with Gasteiger partial charge in [-0.1, -0.05) is 15.9 Å². The Morgan fingerprint density at radius 1 is 1.13 bits per heavy atom. The van der Waals surface area contributed by atoms with E-state index in [1.54, 1.807) is 0 Å². The Balaban J connectivity index is 2.57. The molecular weight excluding hydrogens is 272 g/mol. The third-order valence-corrected chi connectivity index (χ3v) is 2.53. The minimum atomic E-state index is -1.38. The lowest BCUT2D eigenvalue weighted by Gasteiger charge is -2.39. The maximum absolute atomic E-state index is 9.49. The van der Waals surface area contributed by atoms with Crippen molar-refractivity contribution in [2.24, 2.45) is 0 Å². The van der Waals surface area contributed by atoms with Gasteiger partial charge in [0.25, 0.3) is 0 Å². The molecule has 0 unspecified atom stereocenters. The highest BCUT2D eigenvalue weighted by Crippen LogP contribution is 2.21. The molecule has 0 spiro atoms. The van der Waals surface area contributed by atoms with Crippen LogP contribution in [0.5, 0.6) is 0 Å². The lowest BCUT2D eigenvalue weighted by Crippen LogP contribution is -2.59. The summed E-state index contributed by atoms with van der Waals surface area (Å²) in [6, 6.07) is 0. The van der Waals surface area contributed by atoms with Gasteiger partial charge in [0, 0.05) is 5.33 Å². The zero-order valence-electron chi connectivity index (χ0n) is 7.99. The second-order valence-electron chi connectivity index (χ2n) is 3.26. The molecule has 6 nitrogen and oxygen atoms in total. The van der Waals surface area contributed by atoms with Gasteiger partial charge in [0.05, 0.1) is 13.2 Å². The minimum Gasteiger partial charge on any atom is -0.394 e. The van der Waals surface area contributed by atoms with Crippen LogP contribution in [0.15, 0.2) is 0 Å². The van der Waals surface area contributed by atoms with Gasteiger partial charge < -0.3 is 29.9 Å². The van der Waals surface area contributed by atoms with Gasteiger partial charge in [0.15, 0.2) is 6.29 Å². The van der Waals surface area contributed by atoms with Gasteiger partial charge in [-0.2, -0.15) is 0 Å². The molecule has 0 aromatic rings. The maximum atomic E-state index is 9.49. The number of rotatable bonds is 4. The Bertz CT molecular complexity index is 190. The normalized spacial score (nSPS) is 41.8. The van der Waals surface area contributed by atoms with Crippen molar-refractivity contribution in [3.63, 3.8) is 0 Å². The van der Waals surface area contributed by atoms with Crippen LogP contribution in [0.1, 0.15) is 0 Å². The van der Waals surface area contributed by atoms with Gasteiger partial charge in [0.2, 0.25) is 0 Å². The molecule has 1 rings (SSSR count). The monoisotopic (exact) mass is 286 g/mol. The molecule has 0 bridgehead atoms. The van der Waals surface area contributed by atoms with Crippen molar-refractivity contribution < 1.29 is 29.9 Å². The average Bonchev–Trinajstić information content (AvgIpc) is 2.25. The van der Waals surface area contributed by atoms with Gasteiger partial charge in [0.1, 0.15) is 24.4 Å². The van der Waals surface area contributed by atoms with Crippen molar-refractivity contribution in [3.8, 4) is 0 Å². The summed E-state index contributed by atoms with van der Waals surface area (Å²) in [6.07, 6.45) is -5.98. The molecule has 0 radical (unpaired) electrons. The standard InChI is InChI=1S/C8H15BrO6/c9-1-2-14-8-7(13)6(12)5(11)4(3-10)15-8/h4-8,10-13H,1-3H2/t4-,5+,6+,7-,8-/m1/s1. The highest BCUT2D eigenvalue weighted by Gasteiger charge is 2.43. The molecule has 1 heterocycles. The van der Waals surface area contributed by atoms with Gasteiger partial charge in [-0.25, -0.2) is 0 Å². The van der Waals surface area contributed by atoms with Crippen LogP contribution in [0.2, 0.25) is 0 Å². The van der Waals surface area contributed by atoms with E-state index in [1.807, 2.05) is 0 Å². The van der Waals surface area contributed by atoms with E-state index in [-0.39, 0.29) is 0 Å². The summed E-state index contributed by atoms with van der Waals surface area (Å²) in [5.74, 6) is 0. The molecule has 15 heavy (non-hydrogen) atoms. The SMILES string of the molecule is OC[C@H]1O[C@@H](OCCBr)[C@H](O)[C@@H](O)[C@H]1O. The highest BCUT2D eigenvalue weighted by molar-refractivity contribution is 9.09. The summed E-state index contributed by atoms with van der Waals surface area (Å²) < 4.78 is 10.2. The van der Waals surface area contributed by atoms with Crippen molar-refractivity contribution in [1.29, 1.82) is 0 Å². The van der Waals surface area contributed by atoms with Crippen LogP contribution in [0.4, 0.5) is 0 Å². The van der Waals surface area contributed by atoms with Gasteiger partial charge in [-0.15, -0.1) is 0 Å². The lowest BCUT2D eigenvalue weighted by atomic mass is 9.99. The molecule has 0 aliphatic carbocycles. The molecule has 90 valence electrons. The Hall–Kier alpha value is 0.240. The van der Waals surface area contributed by atoms with Crippen LogP contribution in [-0.2, 0) is 9.47 Å². The van der Waals surface area contributed by atoms with Crippen molar-refractivity contribution in [2.75, 3.05) is 18.5 Å². The summed E-state index contributed by atoms with van der Waals surface area (Å²) in [6.45, 7) is -0.151. The molecule has 4 N–H and O–H groups in total. The van der Waals surface area contributed by atoms with E-state index in [0.29, 0.717) is 11.9 Å². The van der Waals surface area contributed by atoms with Crippen molar-refractivity contribution in [2.45, 2.75) is 30.7 Å². The predicted octanol–water partition coefficient (Wildman–Crippen LogP) is -1.80. The van der Waals surface area contributed by atoms with Crippen LogP contribution in [0.25, 0.3) is 0 Å². The van der Waals surface area contributed by atoms with Crippen LogP contribution in [0.3, 0.4) is 0 Å². The van der Waals surface area contributed by atoms with Crippen molar-refractivity contribution in [3.05, 3.63) is 0 Å². The summed E-state index contributed by atoms with van der Waals surface area (Å²) in [5.41, 5.74) is 0. The maximum Gasteiger partial charge on any atom is 0.186 e. The van der Waals surface area contributed by atoms with E-state index >= 15 is 0 Å².